The van der Waals surface area contributed by atoms with Crippen molar-refractivity contribution in [2.45, 2.75) is 46.6 Å². The minimum Gasteiger partial charge on any atom is -0.330 e. The first kappa shape index (κ1) is 13.9. The first-order valence-corrected chi connectivity index (χ1v) is 6.31. The minimum atomic E-state index is 0.278. The fourth-order valence-corrected chi connectivity index (χ4v) is 1.83. The van der Waals surface area contributed by atoms with Gasteiger partial charge in [-0.25, -0.2) is 0 Å². The van der Waals surface area contributed by atoms with E-state index in [9.17, 15) is 4.79 Å². The fraction of sp³-hybridized carbons (Fsp3) is 0.692. The molecule has 1 heterocycles. The summed E-state index contributed by atoms with van der Waals surface area (Å²) in [5, 5.41) is 4.34. The second-order valence-corrected chi connectivity index (χ2v) is 4.69. The highest BCUT2D eigenvalue weighted by Gasteiger charge is 2.10. The Morgan fingerprint density at radius 3 is 2.88 bits per heavy atom. The lowest BCUT2D eigenvalue weighted by Crippen LogP contribution is -2.14. The third kappa shape index (κ3) is 4.30. The number of hydrogen-bond donors (Lipinski definition) is 1. The molecule has 4 nitrogen and oxygen atoms in total. The van der Waals surface area contributed by atoms with Gasteiger partial charge in [-0.15, -0.1) is 0 Å². The van der Waals surface area contributed by atoms with E-state index >= 15 is 0 Å². The van der Waals surface area contributed by atoms with Gasteiger partial charge in [0, 0.05) is 25.1 Å². The second-order valence-electron chi connectivity index (χ2n) is 4.69. The Morgan fingerprint density at radius 1 is 1.59 bits per heavy atom. The Bertz CT molecular complexity index is 371. The lowest BCUT2D eigenvalue weighted by atomic mass is 10.0. The normalized spacial score (nSPS) is 12.7. The summed E-state index contributed by atoms with van der Waals surface area (Å²) >= 11 is 0. The molecule has 0 spiro atoms. The minimum absolute atomic E-state index is 0.278. The quantitative estimate of drug-likeness (QED) is 0.785. The zero-order valence-corrected chi connectivity index (χ0v) is 11.1. The molecule has 0 amide bonds. The third-order valence-electron chi connectivity index (χ3n) is 2.98. The number of aryl methyl sites for hydroxylation is 2. The van der Waals surface area contributed by atoms with E-state index in [-0.39, 0.29) is 5.78 Å². The van der Waals surface area contributed by atoms with E-state index < -0.39 is 0 Å². The standard InChI is InChI=1S/C13H23N3O/c1-4-16-12(7-11(3)15-16)8-13(17)6-5-10(2)9-14/h7,10H,4-6,8-9,14H2,1-3H3. The molecule has 0 radical (unpaired) electrons. The molecule has 1 rings (SSSR count). The smallest absolute Gasteiger partial charge is 0.138 e. The van der Waals surface area contributed by atoms with Gasteiger partial charge in [0.05, 0.1) is 5.69 Å². The Morgan fingerprint density at radius 2 is 2.29 bits per heavy atom. The Balaban J connectivity index is 2.50. The van der Waals surface area contributed by atoms with Gasteiger partial charge >= 0.3 is 0 Å². The largest absolute Gasteiger partial charge is 0.330 e. The zero-order valence-electron chi connectivity index (χ0n) is 11.1. The highest BCUT2D eigenvalue weighted by atomic mass is 16.1. The number of carbonyl (C=O) groups is 1. The van der Waals surface area contributed by atoms with E-state index in [2.05, 4.69) is 12.0 Å². The summed E-state index contributed by atoms with van der Waals surface area (Å²) in [5.41, 5.74) is 7.53. The monoisotopic (exact) mass is 237 g/mol. The molecule has 0 aliphatic rings. The SMILES string of the molecule is CCn1nc(C)cc1CC(=O)CCC(C)CN. The summed E-state index contributed by atoms with van der Waals surface area (Å²) in [5.74, 6) is 0.705. The van der Waals surface area contributed by atoms with Gasteiger partial charge in [0.25, 0.3) is 0 Å². The fourth-order valence-electron chi connectivity index (χ4n) is 1.83. The summed E-state index contributed by atoms with van der Waals surface area (Å²) < 4.78 is 1.90. The molecule has 0 saturated heterocycles. The van der Waals surface area contributed by atoms with Crippen LogP contribution in [0.2, 0.25) is 0 Å². The zero-order chi connectivity index (χ0) is 12.8. The van der Waals surface area contributed by atoms with Gasteiger partial charge in [-0.05, 0) is 38.8 Å². The number of Topliss-reactive ketones (excluding diaryl/α,β-unsaturated/α-hetero) is 1. The molecule has 2 N–H and O–H groups in total. The van der Waals surface area contributed by atoms with Crippen molar-refractivity contribution in [2.75, 3.05) is 6.54 Å². The van der Waals surface area contributed by atoms with E-state index in [1.807, 2.05) is 24.6 Å². The van der Waals surface area contributed by atoms with Crippen LogP contribution in [0.15, 0.2) is 6.07 Å². The van der Waals surface area contributed by atoms with Crippen LogP contribution in [0, 0.1) is 12.8 Å². The number of carbonyl (C=O) groups excluding carboxylic acids is 1. The van der Waals surface area contributed by atoms with Gasteiger partial charge in [0.2, 0.25) is 0 Å². The molecule has 17 heavy (non-hydrogen) atoms. The van der Waals surface area contributed by atoms with Crippen molar-refractivity contribution in [1.82, 2.24) is 9.78 Å². The molecule has 1 aromatic heterocycles. The molecule has 1 unspecified atom stereocenters. The van der Waals surface area contributed by atoms with Crippen molar-refractivity contribution in [2.24, 2.45) is 11.7 Å². The lowest BCUT2D eigenvalue weighted by Gasteiger charge is -2.07. The number of nitrogens with two attached hydrogens (primary N) is 1. The van der Waals surface area contributed by atoms with E-state index in [0.29, 0.717) is 25.3 Å². The molecular formula is C13H23N3O. The molecule has 0 bridgehead atoms. The van der Waals surface area contributed by atoms with Crippen LogP contribution >= 0.6 is 0 Å². The predicted octanol–water partition coefficient (Wildman–Crippen LogP) is 1.70. The van der Waals surface area contributed by atoms with Crippen molar-refractivity contribution in [3.63, 3.8) is 0 Å². The molecule has 0 fully saturated rings. The number of ketones is 1. The summed E-state index contributed by atoms with van der Waals surface area (Å²) in [6, 6.07) is 1.99. The van der Waals surface area contributed by atoms with E-state index in [0.717, 1.165) is 24.4 Å². The average Bonchev–Trinajstić information content (AvgIpc) is 2.66. The summed E-state index contributed by atoms with van der Waals surface area (Å²) in [6.45, 7) is 7.54. The van der Waals surface area contributed by atoms with Crippen LogP contribution in [0.3, 0.4) is 0 Å². The van der Waals surface area contributed by atoms with Gasteiger partial charge in [0.1, 0.15) is 5.78 Å². The first-order chi connectivity index (χ1) is 8.06. The second kappa shape index (κ2) is 6.55. The number of aromatic nitrogens is 2. The number of nitrogens with zero attached hydrogens (tertiary/aromatic N) is 2. The van der Waals surface area contributed by atoms with Gasteiger partial charge in [-0.1, -0.05) is 6.92 Å². The van der Waals surface area contributed by atoms with E-state index in [4.69, 9.17) is 5.73 Å². The van der Waals surface area contributed by atoms with Gasteiger partial charge in [-0.2, -0.15) is 5.10 Å². The average molecular weight is 237 g/mol. The molecule has 0 aliphatic heterocycles. The predicted molar refractivity (Wildman–Crippen MR) is 68.8 cm³/mol. The summed E-state index contributed by atoms with van der Waals surface area (Å²) in [7, 11) is 0. The molecule has 4 heteroatoms. The van der Waals surface area contributed by atoms with Crippen molar-refractivity contribution < 1.29 is 4.79 Å². The van der Waals surface area contributed by atoms with Crippen LogP contribution in [0.5, 0.6) is 0 Å². The molecule has 1 atom stereocenters. The van der Waals surface area contributed by atoms with E-state index in [1.54, 1.807) is 0 Å². The molecule has 96 valence electrons. The molecule has 1 aromatic rings. The van der Waals surface area contributed by atoms with Crippen LogP contribution in [0.4, 0.5) is 0 Å². The third-order valence-corrected chi connectivity index (χ3v) is 2.98. The van der Waals surface area contributed by atoms with Crippen molar-refractivity contribution in [3.8, 4) is 0 Å². The van der Waals surface area contributed by atoms with Crippen LogP contribution in [0.25, 0.3) is 0 Å². The van der Waals surface area contributed by atoms with Gasteiger partial charge in [-0.3, -0.25) is 9.48 Å². The number of hydrogen-bond acceptors (Lipinski definition) is 3. The summed E-state index contributed by atoms with van der Waals surface area (Å²) in [4.78, 5) is 11.8. The maximum Gasteiger partial charge on any atom is 0.138 e. The van der Waals surface area contributed by atoms with Crippen molar-refractivity contribution >= 4 is 5.78 Å². The Labute approximate surface area is 103 Å². The van der Waals surface area contributed by atoms with Crippen LogP contribution in [-0.2, 0) is 17.8 Å². The van der Waals surface area contributed by atoms with Gasteiger partial charge in [0.15, 0.2) is 0 Å². The maximum atomic E-state index is 11.8. The summed E-state index contributed by atoms with van der Waals surface area (Å²) in [6.07, 6.45) is 1.99. The van der Waals surface area contributed by atoms with Crippen LogP contribution in [-0.4, -0.2) is 22.1 Å². The Kier molecular flexibility index (Phi) is 5.35. The molecular weight excluding hydrogens is 214 g/mol. The first-order valence-electron chi connectivity index (χ1n) is 6.31. The maximum absolute atomic E-state index is 11.8. The molecule has 0 aliphatic carbocycles. The van der Waals surface area contributed by atoms with Crippen molar-refractivity contribution in [1.29, 1.82) is 0 Å². The molecule has 0 aromatic carbocycles. The van der Waals surface area contributed by atoms with Gasteiger partial charge < -0.3 is 5.73 Å². The van der Waals surface area contributed by atoms with Crippen molar-refractivity contribution in [3.05, 3.63) is 17.5 Å². The highest BCUT2D eigenvalue weighted by Crippen LogP contribution is 2.09. The molecule has 0 saturated carbocycles. The number of rotatable bonds is 7. The van der Waals surface area contributed by atoms with Crippen LogP contribution < -0.4 is 5.73 Å². The van der Waals surface area contributed by atoms with E-state index in [1.165, 1.54) is 0 Å². The lowest BCUT2D eigenvalue weighted by molar-refractivity contribution is -0.118. The topological polar surface area (TPSA) is 60.9 Å². The van der Waals surface area contributed by atoms with Crippen LogP contribution in [0.1, 0.15) is 38.1 Å². The highest BCUT2D eigenvalue weighted by molar-refractivity contribution is 5.80. The Hall–Kier alpha value is -1.16.